The van der Waals surface area contributed by atoms with Gasteiger partial charge in [-0.25, -0.2) is 4.98 Å². The molecule has 0 saturated carbocycles. The summed E-state index contributed by atoms with van der Waals surface area (Å²) in [7, 11) is 1.73. The molecule has 2 N–H and O–H groups in total. The molecule has 0 spiro atoms. The highest BCUT2D eigenvalue weighted by Crippen LogP contribution is 2.31. The number of para-hydroxylation sites is 1. The van der Waals surface area contributed by atoms with Gasteiger partial charge in [-0.1, -0.05) is 32.9 Å². The number of nitrogens with one attached hydrogen (secondary N) is 2. The van der Waals surface area contributed by atoms with E-state index in [2.05, 4.69) is 41.4 Å². The maximum Gasteiger partial charge on any atom is 0.213 e. The molecule has 29 heavy (non-hydrogen) atoms. The summed E-state index contributed by atoms with van der Waals surface area (Å²) in [6, 6.07) is 7.83. The van der Waals surface area contributed by atoms with Gasteiger partial charge in [0.2, 0.25) is 5.89 Å². The lowest BCUT2D eigenvalue weighted by molar-refractivity contribution is 0.336. The molecule has 0 fully saturated rings. The van der Waals surface area contributed by atoms with Crippen LogP contribution >= 0.6 is 0 Å². The van der Waals surface area contributed by atoms with Crippen molar-refractivity contribution in [1.82, 2.24) is 15.6 Å². The van der Waals surface area contributed by atoms with Crippen molar-refractivity contribution in [2.45, 2.75) is 52.6 Å². The first-order chi connectivity index (χ1) is 13.8. The largest absolute Gasteiger partial charge is 0.490 e. The number of aromatic nitrogens is 1. The van der Waals surface area contributed by atoms with Gasteiger partial charge in [-0.15, -0.1) is 0 Å². The van der Waals surface area contributed by atoms with E-state index in [-0.39, 0.29) is 11.5 Å². The second-order valence-corrected chi connectivity index (χ2v) is 7.92. The van der Waals surface area contributed by atoms with E-state index in [0.29, 0.717) is 25.0 Å². The predicted octanol–water partition coefficient (Wildman–Crippen LogP) is 4.54. The Kier molecular flexibility index (Phi) is 6.15. The van der Waals surface area contributed by atoms with Crippen LogP contribution in [0.5, 0.6) is 5.75 Å². The molecule has 0 aliphatic heterocycles. The maximum atomic E-state index is 6.06. The van der Waals surface area contributed by atoms with E-state index < -0.39 is 0 Å². The van der Waals surface area contributed by atoms with E-state index in [1.807, 2.05) is 38.1 Å². The molecule has 1 aromatic carbocycles. The molecule has 0 bridgehead atoms. The second-order valence-electron chi connectivity index (χ2n) is 7.92. The molecule has 0 aliphatic carbocycles. The van der Waals surface area contributed by atoms with Crippen LogP contribution in [0.3, 0.4) is 0 Å². The van der Waals surface area contributed by atoms with Crippen molar-refractivity contribution >= 4 is 16.9 Å². The third-order valence-electron chi connectivity index (χ3n) is 4.53. The molecule has 3 rings (SSSR count). The lowest BCUT2D eigenvalue weighted by Crippen LogP contribution is -2.38. The van der Waals surface area contributed by atoms with Crippen LogP contribution in [-0.2, 0) is 12.0 Å². The van der Waals surface area contributed by atoms with Crippen molar-refractivity contribution in [2.75, 3.05) is 13.7 Å². The quantitative estimate of drug-likeness (QED) is 0.468. The average Bonchev–Trinajstić information content (AvgIpc) is 3.32. The SMILES string of the molecule is CCOc1cccc2cc(C(C)NC(=NC)NCc3ncc(C(C)(C)C)o3)oc12. The van der Waals surface area contributed by atoms with Crippen LogP contribution in [0, 0.1) is 0 Å². The highest BCUT2D eigenvalue weighted by atomic mass is 16.5. The standard InChI is InChI=1S/C22H30N4O3/c1-7-27-16-10-8-9-15-11-17(28-20(15)16)14(2)26-21(23-6)25-13-19-24-12-18(29-19)22(3,4)5/h8-12,14H,7,13H2,1-6H3,(H2,23,25,26). The lowest BCUT2D eigenvalue weighted by atomic mass is 9.94. The van der Waals surface area contributed by atoms with E-state index in [4.69, 9.17) is 13.6 Å². The van der Waals surface area contributed by atoms with Crippen LogP contribution in [0.25, 0.3) is 11.0 Å². The van der Waals surface area contributed by atoms with E-state index >= 15 is 0 Å². The van der Waals surface area contributed by atoms with E-state index in [1.54, 1.807) is 13.2 Å². The third kappa shape index (κ3) is 4.91. The first-order valence-corrected chi connectivity index (χ1v) is 9.89. The summed E-state index contributed by atoms with van der Waals surface area (Å²) in [4.78, 5) is 8.62. The first kappa shape index (κ1) is 20.8. The third-order valence-corrected chi connectivity index (χ3v) is 4.53. The zero-order chi connectivity index (χ0) is 21.0. The second kappa shape index (κ2) is 8.59. The van der Waals surface area contributed by atoms with Gasteiger partial charge in [0.25, 0.3) is 0 Å². The van der Waals surface area contributed by atoms with Crippen molar-refractivity contribution in [3.63, 3.8) is 0 Å². The normalized spacial score (nSPS) is 13.5. The Hall–Kier alpha value is -2.96. The number of oxazole rings is 1. The molecule has 0 saturated heterocycles. The molecule has 2 aromatic heterocycles. The molecule has 1 atom stereocenters. The Labute approximate surface area is 171 Å². The number of fused-ring (bicyclic) bond motifs is 1. The zero-order valence-corrected chi connectivity index (χ0v) is 18.0. The number of aliphatic imine (C=N–C) groups is 1. The highest BCUT2D eigenvalue weighted by molar-refractivity contribution is 5.84. The van der Waals surface area contributed by atoms with E-state index in [0.717, 1.165) is 28.2 Å². The van der Waals surface area contributed by atoms with Crippen LogP contribution in [0.4, 0.5) is 0 Å². The number of rotatable bonds is 6. The van der Waals surface area contributed by atoms with Gasteiger partial charge in [-0.2, -0.15) is 0 Å². The fourth-order valence-corrected chi connectivity index (χ4v) is 2.91. The minimum atomic E-state index is -0.0854. The number of nitrogens with zero attached hydrogens (tertiary/aromatic N) is 2. The van der Waals surface area contributed by atoms with Crippen molar-refractivity contribution in [1.29, 1.82) is 0 Å². The molecule has 7 nitrogen and oxygen atoms in total. The van der Waals surface area contributed by atoms with Gasteiger partial charge in [0.1, 0.15) is 11.5 Å². The van der Waals surface area contributed by atoms with Crippen LogP contribution in [0.15, 0.2) is 44.3 Å². The molecule has 7 heteroatoms. The molecule has 3 aromatic rings. The van der Waals surface area contributed by atoms with Crippen LogP contribution in [0.1, 0.15) is 58.1 Å². The summed E-state index contributed by atoms with van der Waals surface area (Å²) in [5, 5.41) is 7.58. The Balaban J connectivity index is 1.65. The summed E-state index contributed by atoms with van der Waals surface area (Å²) in [5.74, 6) is 3.68. The summed E-state index contributed by atoms with van der Waals surface area (Å²) < 4.78 is 17.5. The minimum Gasteiger partial charge on any atom is -0.490 e. The fraction of sp³-hybridized carbons (Fsp3) is 0.455. The van der Waals surface area contributed by atoms with Crippen molar-refractivity contribution in [3.8, 4) is 5.75 Å². The number of benzene rings is 1. The summed E-state index contributed by atoms with van der Waals surface area (Å²) in [6.07, 6.45) is 1.78. The highest BCUT2D eigenvalue weighted by Gasteiger charge is 2.20. The smallest absolute Gasteiger partial charge is 0.213 e. The van der Waals surface area contributed by atoms with Gasteiger partial charge in [-0.3, -0.25) is 4.99 Å². The van der Waals surface area contributed by atoms with Crippen LogP contribution in [-0.4, -0.2) is 24.6 Å². The molecule has 0 radical (unpaired) electrons. The number of hydrogen-bond acceptors (Lipinski definition) is 5. The van der Waals surface area contributed by atoms with Crippen molar-refractivity contribution in [3.05, 3.63) is 47.9 Å². The zero-order valence-electron chi connectivity index (χ0n) is 18.0. The van der Waals surface area contributed by atoms with E-state index in [1.165, 1.54) is 0 Å². The number of guanidine groups is 1. The predicted molar refractivity (Wildman–Crippen MR) is 114 cm³/mol. The number of furan rings is 1. The first-order valence-electron chi connectivity index (χ1n) is 9.89. The molecule has 2 heterocycles. The van der Waals surface area contributed by atoms with Gasteiger partial charge in [0, 0.05) is 17.8 Å². The summed E-state index contributed by atoms with van der Waals surface area (Å²) >= 11 is 0. The van der Waals surface area contributed by atoms with Crippen molar-refractivity contribution < 1.29 is 13.6 Å². The van der Waals surface area contributed by atoms with Gasteiger partial charge in [0.15, 0.2) is 17.3 Å². The molecular weight excluding hydrogens is 368 g/mol. The number of hydrogen-bond donors (Lipinski definition) is 2. The van der Waals surface area contributed by atoms with Gasteiger partial charge >= 0.3 is 0 Å². The average molecular weight is 399 g/mol. The topological polar surface area (TPSA) is 84.8 Å². The Morgan fingerprint density at radius 2 is 2.07 bits per heavy atom. The number of ether oxygens (including phenoxy) is 1. The Bertz CT molecular complexity index is 982. The summed E-state index contributed by atoms with van der Waals surface area (Å²) in [6.45, 7) is 11.3. The summed E-state index contributed by atoms with van der Waals surface area (Å²) in [5.41, 5.74) is 0.692. The molecule has 0 aliphatic rings. The molecular formula is C22H30N4O3. The van der Waals surface area contributed by atoms with Gasteiger partial charge in [-0.05, 0) is 26.0 Å². The van der Waals surface area contributed by atoms with E-state index in [9.17, 15) is 0 Å². The molecule has 1 unspecified atom stereocenters. The Morgan fingerprint density at radius 1 is 1.28 bits per heavy atom. The minimum absolute atomic E-state index is 0.0681. The molecule has 0 amide bonds. The van der Waals surface area contributed by atoms with Gasteiger partial charge < -0.3 is 24.2 Å². The molecule has 156 valence electrons. The Morgan fingerprint density at radius 3 is 2.72 bits per heavy atom. The fourth-order valence-electron chi connectivity index (χ4n) is 2.91. The maximum absolute atomic E-state index is 6.06. The monoisotopic (exact) mass is 398 g/mol. The van der Waals surface area contributed by atoms with Crippen LogP contribution < -0.4 is 15.4 Å². The van der Waals surface area contributed by atoms with Gasteiger partial charge in [0.05, 0.1) is 25.4 Å². The lowest BCUT2D eigenvalue weighted by Gasteiger charge is -2.16. The van der Waals surface area contributed by atoms with Crippen LogP contribution in [0.2, 0.25) is 0 Å². The van der Waals surface area contributed by atoms with Crippen molar-refractivity contribution in [2.24, 2.45) is 4.99 Å².